The molecule has 1 heterocycles. The average molecular weight is 315 g/mol. The topological polar surface area (TPSA) is 38.7 Å². The molecule has 0 aromatic heterocycles. The van der Waals surface area contributed by atoms with Crippen LogP contribution in [0.2, 0.25) is 0 Å². The highest BCUT2D eigenvalue weighted by molar-refractivity contribution is 9.10. The van der Waals surface area contributed by atoms with Crippen LogP contribution in [0.15, 0.2) is 22.7 Å². The van der Waals surface area contributed by atoms with Crippen molar-refractivity contribution in [1.29, 1.82) is 0 Å². The molecule has 1 saturated heterocycles. The third kappa shape index (κ3) is 3.97. The van der Waals surface area contributed by atoms with E-state index in [0.717, 1.165) is 35.2 Å². The van der Waals surface area contributed by atoms with Gasteiger partial charge in [-0.25, -0.2) is 0 Å². The van der Waals surface area contributed by atoms with Gasteiger partial charge in [0.05, 0.1) is 23.8 Å². The SMILES string of the molecule is OCc1ccc(OCCCC2CCCO2)c(Br)c1. The minimum Gasteiger partial charge on any atom is -0.492 e. The summed E-state index contributed by atoms with van der Waals surface area (Å²) in [5, 5.41) is 9.01. The first kappa shape index (κ1) is 13.8. The fraction of sp³-hybridized carbons (Fsp3) is 0.571. The summed E-state index contributed by atoms with van der Waals surface area (Å²) < 4.78 is 12.2. The second kappa shape index (κ2) is 7.12. The Balaban J connectivity index is 1.72. The zero-order valence-corrected chi connectivity index (χ0v) is 12.0. The Morgan fingerprint density at radius 2 is 2.33 bits per heavy atom. The highest BCUT2D eigenvalue weighted by atomic mass is 79.9. The Morgan fingerprint density at radius 1 is 1.44 bits per heavy atom. The van der Waals surface area contributed by atoms with Crippen LogP contribution in [0.4, 0.5) is 0 Å². The normalized spacial score (nSPS) is 19.1. The molecule has 100 valence electrons. The molecule has 1 fully saturated rings. The van der Waals surface area contributed by atoms with Crippen LogP contribution in [-0.2, 0) is 11.3 Å². The lowest BCUT2D eigenvalue weighted by Crippen LogP contribution is -2.07. The summed E-state index contributed by atoms with van der Waals surface area (Å²) in [6.45, 7) is 1.68. The van der Waals surface area contributed by atoms with E-state index in [1.54, 1.807) is 0 Å². The third-order valence-corrected chi connectivity index (χ3v) is 3.75. The number of aliphatic hydroxyl groups is 1. The summed E-state index contributed by atoms with van der Waals surface area (Å²) >= 11 is 3.45. The number of halogens is 1. The fourth-order valence-electron chi connectivity index (χ4n) is 2.12. The van der Waals surface area contributed by atoms with Gasteiger partial charge in [0.2, 0.25) is 0 Å². The Morgan fingerprint density at radius 3 is 3.00 bits per heavy atom. The van der Waals surface area contributed by atoms with Gasteiger partial charge in [-0.05, 0) is 59.3 Å². The standard InChI is InChI=1S/C14H19BrO3/c15-13-9-11(10-16)5-6-14(13)18-8-2-4-12-3-1-7-17-12/h5-6,9,12,16H,1-4,7-8,10H2. The molecular formula is C14H19BrO3. The van der Waals surface area contributed by atoms with Crippen molar-refractivity contribution in [2.75, 3.05) is 13.2 Å². The molecule has 1 N–H and O–H groups in total. The molecular weight excluding hydrogens is 296 g/mol. The van der Waals surface area contributed by atoms with Crippen molar-refractivity contribution >= 4 is 15.9 Å². The second-order valence-corrected chi connectivity index (χ2v) is 5.40. The van der Waals surface area contributed by atoms with Crippen molar-refractivity contribution in [3.63, 3.8) is 0 Å². The lowest BCUT2D eigenvalue weighted by Gasteiger charge is -2.11. The van der Waals surface area contributed by atoms with Gasteiger partial charge in [0.1, 0.15) is 5.75 Å². The largest absolute Gasteiger partial charge is 0.492 e. The summed E-state index contributed by atoms with van der Waals surface area (Å²) in [4.78, 5) is 0. The van der Waals surface area contributed by atoms with E-state index >= 15 is 0 Å². The van der Waals surface area contributed by atoms with Crippen LogP contribution < -0.4 is 4.74 Å². The molecule has 0 bridgehead atoms. The van der Waals surface area contributed by atoms with Crippen molar-refractivity contribution in [3.05, 3.63) is 28.2 Å². The third-order valence-electron chi connectivity index (χ3n) is 3.13. The van der Waals surface area contributed by atoms with E-state index in [1.165, 1.54) is 12.8 Å². The van der Waals surface area contributed by atoms with Gasteiger partial charge < -0.3 is 14.6 Å². The van der Waals surface area contributed by atoms with Crippen LogP contribution in [0, 0.1) is 0 Å². The average Bonchev–Trinajstić information content (AvgIpc) is 2.89. The van der Waals surface area contributed by atoms with Gasteiger partial charge in [-0.15, -0.1) is 0 Å². The van der Waals surface area contributed by atoms with Gasteiger partial charge in [-0.1, -0.05) is 6.07 Å². The molecule has 1 atom stereocenters. The molecule has 0 aliphatic carbocycles. The maximum Gasteiger partial charge on any atom is 0.133 e. The first-order valence-electron chi connectivity index (χ1n) is 6.43. The van der Waals surface area contributed by atoms with Crippen molar-refractivity contribution in [2.24, 2.45) is 0 Å². The van der Waals surface area contributed by atoms with E-state index in [2.05, 4.69) is 15.9 Å². The molecule has 1 unspecified atom stereocenters. The first-order valence-corrected chi connectivity index (χ1v) is 7.22. The number of rotatable bonds is 6. The number of aliphatic hydroxyl groups excluding tert-OH is 1. The van der Waals surface area contributed by atoms with Crippen molar-refractivity contribution in [3.8, 4) is 5.75 Å². The fourth-order valence-corrected chi connectivity index (χ4v) is 2.67. The van der Waals surface area contributed by atoms with Gasteiger partial charge in [0.15, 0.2) is 0 Å². The summed E-state index contributed by atoms with van der Waals surface area (Å²) in [6.07, 6.45) is 4.91. The minimum absolute atomic E-state index is 0.0535. The molecule has 1 aliphatic heterocycles. The first-order chi connectivity index (χ1) is 8.79. The summed E-state index contributed by atoms with van der Waals surface area (Å²) in [6, 6.07) is 5.65. The summed E-state index contributed by atoms with van der Waals surface area (Å²) in [7, 11) is 0. The molecule has 0 amide bonds. The van der Waals surface area contributed by atoms with Gasteiger partial charge in [0.25, 0.3) is 0 Å². The summed E-state index contributed by atoms with van der Waals surface area (Å²) in [5.74, 6) is 0.833. The van der Waals surface area contributed by atoms with Gasteiger partial charge >= 0.3 is 0 Å². The van der Waals surface area contributed by atoms with Gasteiger partial charge in [-0.2, -0.15) is 0 Å². The monoisotopic (exact) mass is 314 g/mol. The smallest absolute Gasteiger partial charge is 0.133 e. The lowest BCUT2D eigenvalue weighted by atomic mass is 10.1. The van der Waals surface area contributed by atoms with Crippen molar-refractivity contribution in [1.82, 2.24) is 0 Å². The van der Waals surface area contributed by atoms with E-state index in [1.807, 2.05) is 18.2 Å². The molecule has 1 aromatic rings. The zero-order chi connectivity index (χ0) is 12.8. The molecule has 3 nitrogen and oxygen atoms in total. The second-order valence-electron chi connectivity index (χ2n) is 4.55. The lowest BCUT2D eigenvalue weighted by molar-refractivity contribution is 0.0981. The number of ether oxygens (including phenoxy) is 2. The Bertz CT molecular complexity index is 375. The molecule has 18 heavy (non-hydrogen) atoms. The van der Waals surface area contributed by atoms with E-state index in [-0.39, 0.29) is 6.61 Å². The number of benzene rings is 1. The van der Waals surface area contributed by atoms with Crippen LogP contribution in [-0.4, -0.2) is 24.4 Å². The van der Waals surface area contributed by atoms with E-state index in [9.17, 15) is 0 Å². The van der Waals surface area contributed by atoms with Crippen molar-refractivity contribution in [2.45, 2.75) is 38.4 Å². The number of hydrogen-bond acceptors (Lipinski definition) is 3. The molecule has 2 rings (SSSR count). The molecule has 0 spiro atoms. The van der Waals surface area contributed by atoms with Gasteiger partial charge in [-0.3, -0.25) is 0 Å². The Kier molecular flexibility index (Phi) is 5.47. The quantitative estimate of drug-likeness (QED) is 0.819. The highest BCUT2D eigenvalue weighted by Gasteiger charge is 2.14. The van der Waals surface area contributed by atoms with E-state index in [0.29, 0.717) is 12.7 Å². The van der Waals surface area contributed by atoms with Crippen LogP contribution in [0.25, 0.3) is 0 Å². The Hall–Kier alpha value is -0.580. The Labute approximate surface area is 116 Å². The minimum atomic E-state index is 0.0535. The van der Waals surface area contributed by atoms with Gasteiger partial charge in [0, 0.05) is 6.61 Å². The van der Waals surface area contributed by atoms with Crippen LogP contribution in [0.3, 0.4) is 0 Å². The maximum absolute atomic E-state index is 9.01. The van der Waals surface area contributed by atoms with Crippen LogP contribution in [0.5, 0.6) is 5.75 Å². The molecule has 4 heteroatoms. The zero-order valence-electron chi connectivity index (χ0n) is 10.4. The van der Waals surface area contributed by atoms with E-state index in [4.69, 9.17) is 14.6 Å². The highest BCUT2D eigenvalue weighted by Crippen LogP contribution is 2.26. The predicted octanol–water partition coefficient (Wildman–Crippen LogP) is 3.28. The van der Waals surface area contributed by atoms with Crippen LogP contribution >= 0.6 is 15.9 Å². The molecule has 1 aromatic carbocycles. The van der Waals surface area contributed by atoms with Crippen LogP contribution in [0.1, 0.15) is 31.2 Å². The maximum atomic E-state index is 9.01. The molecule has 0 radical (unpaired) electrons. The molecule has 1 aliphatic rings. The number of hydrogen-bond donors (Lipinski definition) is 1. The molecule has 0 saturated carbocycles. The summed E-state index contributed by atoms with van der Waals surface area (Å²) in [5.41, 5.74) is 0.883. The predicted molar refractivity (Wildman–Crippen MR) is 73.8 cm³/mol. The van der Waals surface area contributed by atoms with E-state index < -0.39 is 0 Å². The van der Waals surface area contributed by atoms with Crippen molar-refractivity contribution < 1.29 is 14.6 Å².